The average Bonchev–Trinajstić information content (AvgIpc) is 2.04. The molecule has 1 atom stereocenters. The second kappa shape index (κ2) is 3.01. The highest BCUT2D eigenvalue weighted by Gasteiger charge is 2.53. The molecule has 0 spiro atoms. The number of rotatable bonds is 1. The summed E-state index contributed by atoms with van der Waals surface area (Å²) in [4.78, 5) is 0. The molecule has 1 rings (SSSR count). The zero-order valence-corrected chi connectivity index (χ0v) is 6.61. The molecule has 0 bridgehead atoms. The largest absolute Gasteiger partial charge is 0.426 e. The lowest BCUT2D eigenvalue weighted by Gasteiger charge is -2.23. The van der Waals surface area contributed by atoms with Gasteiger partial charge in [0.1, 0.15) is 0 Å². The van der Waals surface area contributed by atoms with Crippen LogP contribution < -0.4 is 0 Å². The van der Waals surface area contributed by atoms with Crippen molar-refractivity contribution in [3.63, 3.8) is 0 Å². The molecule has 0 aliphatic rings. The summed E-state index contributed by atoms with van der Waals surface area (Å²) in [6.45, 7) is 2.52. The molecule has 1 unspecified atom stereocenters. The van der Waals surface area contributed by atoms with E-state index in [1.807, 2.05) is 0 Å². The summed E-state index contributed by atoms with van der Waals surface area (Å²) in [6.07, 6.45) is -4.98. The van der Waals surface area contributed by atoms with Gasteiger partial charge in [-0.25, -0.2) is 4.39 Å². The maximum absolute atomic E-state index is 13.1. The van der Waals surface area contributed by atoms with Crippen molar-refractivity contribution in [2.45, 2.75) is 11.8 Å². The Morgan fingerprint density at radius 3 is 1.77 bits per heavy atom. The van der Waals surface area contributed by atoms with Gasteiger partial charge in [0.2, 0.25) is 5.67 Å². The highest BCUT2D eigenvalue weighted by Crippen LogP contribution is 2.41. The molecular weight excluding hydrogens is 184 g/mol. The molecule has 0 saturated heterocycles. The fourth-order valence-electron chi connectivity index (χ4n) is 0.866. The van der Waals surface area contributed by atoms with Gasteiger partial charge < -0.3 is 0 Å². The van der Waals surface area contributed by atoms with Crippen LogP contribution in [0.25, 0.3) is 0 Å². The summed E-state index contributed by atoms with van der Waals surface area (Å²) in [7, 11) is 0. The molecule has 0 fully saturated rings. The van der Waals surface area contributed by atoms with Gasteiger partial charge in [-0.1, -0.05) is 30.3 Å². The van der Waals surface area contributed by atoms with Gasteiger partial charge in [0.15, 0.2) is 0 Å². The summed E-state index contributed by atoms with van der Waals surface area (Å²) < 4.78 is 49.3. The first kappa shape index (κ1) is 10.0. The van der Waals surface area contributed by atoms with Crippen LogP contribution in [0.5, 0.6) is 0 Å². The van der Waals surface area contributed by atoms with Crippen molar-refractivity contribution in [1.82, 2.24) is 0 Å². The van der Waals surface area contributed by atoms with E-state index in [0.717, 1.165) is 12.1 Å². The van der Waals surface area contributed by atoms with Crippen molar-refractivity contribution in [1.29, 1.82) is 0 Å². The minimum atomic E-state index is -4.98. The summed E-state index contributed by atoms with van der Waals surface area (Å²) in [6, 6.07) is 6.29. The van der Waals surface area contributed by atoms with Gasteiger partial charge in [-0.3, -0.25) is 0 Å². The van der Waals surface area contributed by atoms with Gasteiger partial charge in [-0.2, -0.15) is 13.2 Å². The van der Waals surface area contributed by atoms with E-state index in [9.17, 15) is 17.6 Å². The topological polar surface area (TPSA) is 0 Å². The minimum absolute atomic E-state index is 0.484. The Labute approximate surface area is 73.2 Å². The van der Waals surface area contributed by atoms with Gasteiger partial charge in [0, 0.05) is 0 Å². The van der Waals surface area contributed by atoms with Crippen LogP contribution in [-0.4, -0.2) is 6.18 Å². The molecule has 0 aliphatic carbocycles. The Morgan fingerprint density at radius 2 is 1.38 bits per heavy atom. The van der Waals surface area contributed by atoms with E-state index < -0.39 is 17.4 Å². The molecule has 1 aromatic rings. The van der Waals surface area contributed by atoms with Gasteiger partial charge in [0.25, 0.3) is 0 Å². The SMILES string of the molecule is [CH2]C(F)(c1ccccc1)C(F)(F)F. The second-order valence-corrected chi connectivity index (χ2v) is 2.66. The fraction of sp³-hybridized carbons (Fsp3) is 0.222. The first-order chi connectivity index (χ1) is 5.86. The van der Waals surface area contributed by atoms with Gasteiger partial charge in [-0.15, -0.1) is 0 Å². The summed E-state index contributed by atoms with van der Waals surface area (Å²) >= 11 is 0. The average molecular weight is 191 g/mol. The van der Waals surface area contributed by atoms with Crippen LogP contribution in [-0.2, 0) is 5.67 Å². The summed E-state index contributed by atoms with van der Waals surface area (Å²) in [5, 5.41) is 0. The monoisotopic (exact) mass is 191 g/mol. The number of hydrogen-bond acceptors (Lipinski definition) is 0. The molecule has 0 nitrogen and oxygen atoms in total. The lowest BCUT2D eigenvalue weighted by molar-refractivity contribution is -0.217. The second-order valence-electron chi connectivity index (χ2n) is 2.66. The third-order valence-electron chi connectivity index (χ3n) is 1.68. The van der Waals surface area contributed by atoms with Crippen LogP contribution >= 0.6 is 0 Å². The number of benzene rings is 1. The summed E-state index contributed by atoms with van der Waals surface area (Å²) in [5.74, 6) is 0. The minimum Gasteiger partial charge on any atom is -0.229 e. The van der Waals surface area contributed by atoms with Crippen molar-refractivity contribution >= 4 is 0 Å². The Balaban J connectivity index is 3.08. The zero-order chi connectivity index (χ0) is 10.1. The van der Waals surface area contributed by atoms with Crippen LogP contribution in [0.1, 0.15) is 5.56 Å². The standard InChI is InChI=1S/C9H7F4/c1-8(10,9(11,12)13)7-5-3-2-4-6-7/h2-6H,1H2. The van der Waals surface area contributed by atoms with Crippen molar-refractivity contribution < 1.29 is 17.6 Å². The predicted molar refractivity (Wildman–Crippen MR) is 40.6 cm³/mol. The molecule has 4 heteroatoms. The van der Waals surface area contributed by atoms with Crippen molar-refractivity contribution in [3.05, 3.63) is 42.8 Å². The van der Waals surface area contributed by atoms with Crippen LogP contribution in [0, 0.1) is 6.92 Å². The molecule has 0 amide bonds. The third-order valence-corrected chi connectivity index (χ3v) is 1.68. The van der Waals surface area contributed by atoms with E-state index >= 15 is 0 Å². The number of alkyl halides is 4. The normalized spacial score (nSPS) is 16.7. The Kier molecular flexibility index (Phi) is 2.32. The molecule has 0 aromatic heterocycles. The van der Waals surface area contributed by atoms with E-state index in [4.69, 9.17) is 0 Å². The highest BCUT2D eigenvalue weighted by atomic mass is 19.4. The molecule has 0 saturated carbocycles. The van der Waals surface area contributed by atoms with Crippen LogP contribution in [0.15, 0.2) is 30.3 Å². The molecule has 0 heterocycles. The molecular formula is C9H7F4. The van der Waals surface area contributed by atoms with Crippen LogP contribution in [0.2, 0.25) is 0 Å². The first-order valence-corrected chi connectivity index (χ1v) is 3.52. The Hall–Kier alpha value is -1.06. The lowest BCUT2D eigenvalue weighted by atomic mass is 9.98. The quantitative estimate of drug-likeness (QED) is 0.597. The van der Waals surface area contributed by atoms with E-state index in [-0.39, 0.29) is 0 Å². The van der Waals surface area contributed by atoms with E-state index in [2.05, 4.69) is 6.92 Å². The smallest absolute Gasteiger partial charge is 0.229 e. The maximum Gasteiger partial charge on any atom is 0.426 e. The molecule has 0 aliphatic heterocycles. The van der Waals surface area contributed by atoms with Gasteiger partial charge in [-0.05, 0) is 12.5 Å². The molecule has 0 N–H and O–H groups in total. The summed E-state index contributed by atoms with van der Waals surface area (Å²) in [5.41, 5.74) is -4.00. The van der Waals surface area contributed by atoms with Gasteiger partial charge in [0.05, 0.1) is 0 Å². The van der Waals surface area contributed by atoms with Crippen molar-refractivity contribution in [2.75, 3.05) is 0 Å². The first-order valence-electron chi connectivity index (χ1n) is 3.52. The molecule has 13 heavy (non-hydrogen) atoms. The molecule has 1 aromatic carbocycles. The van der Waals surface area contributed by atoms with Crippen LogP contribution in [0.3, 0.4) is 0 Å². The Morgan fingerprint density at radius 1 is 0.923 bits per heavy atom. The third kappa shape index (κ3) is 1.82. The number of hydrogen-bond donors (Lipinski definition) is 0. The lowest BCUT2D eigenvalue weighted by Crippen LogP contribution is -2.35. The highest BCUT2D eigenvalue weighted by molar-refractivity contribution is 5.25. The zero-order valence-electron chi connectivity index (χ0n) is 6.61. The number of halogens is 4. The molecule has 71 valence electrons. The molecule has 1 radical (unpaired) electrons. The van der Waals surface area contributed by atoms with E-state index in [1.165, 1.54) is 18.2 Å². The van der Waals surface area contributed by atoms with Crippen molar-refractivity contribution in [2.24, 2.45) is 0 Å². The van der Waals surface area contributed by atoms with E-state index in [1.54, 1.807) is 0 Å². The Bertz CT molecular complexity index is 273. The fourth-order valence-corrected chi connectivity index (χ4v) is 0.866. The van der Waals surface area contributed by atoms with Crippen molar-refractivity contribution in [3.8, 4) is 0 Å². The predicted octanol–water partition coefficient (Wildman–Crippen LogP) is 3.25. The van der Waals surface area contributed by atoms with E-state index in [0.29, 0.717) is 0 Å². The maximum atomic E-state index is 13.1. The van der Waals surface area contributed by atoms with Crippen LogP contribution in [0.4, 0.5) is 17.6 Å². The van der Waals surface area contributed by atoms with Gasteiger partial charge >= 0.3 is 6.18 Å².